The molecule has 0 unspecified atom stereocenters. The molecule has 4 aromatic heterocycles. The lowest BCUT2D eigenvalue weighted by Gasteiger charge is -2.34. The van der Waals surface area contributed by atoms with Gasteiger partial charge in [-0.05, 0) is 70.3 Å². The fraction of sp³-hybridized carbons (Fsp3) is 0.349. The number of hydrogen-bond donors (Lipinski definition) is 3. The number of fused-ring (bicyclic) bond motifs is 2. The van der Waals surface area contributed by atoms with Gasteiger partial charge in [0.25, 0.3) is 0 Å². The Morgan fingerprint density at radius 1 is 0.797 bits per heavy atom. The van der Waals surface area contributed by atoms with E-state index in [0.717, 1.165) is 15.7 Å². The highest BCUT2D eigenvalue weighted by Crippen LogP contribution is 2.55. The van der Waals surface area contributed by atoms with Crippen molar-refractivity contribution in [3.05, 3.63) is 117 Å². The Balaban J connectivity index is 0.000000212. The third-order valence-electron chi connectivity index (χ3n) is 11.3. The second kappa shape index (κ2) is 16.5. The smallest absolute Gasteiger partial charge is 0.338 e. The molecule has 8 atom stereocenters. The number of rotatable bonds is 9. The number of nitrogens with two attached hydrogens (primary N) is 1. The van der Waals surface area contributed by atoms with Crippen molar-refractivity contribution in [3.8, 4) is 0 Å². The summed E-state index contributed by atoms with van der Waals surface area (Å²) in [4.78, 5) is 36.6. The number of carbonyl (C=O) groups is 2. The summed E-state index contributed by atoms with van der Waals surface area (Å²) in [6, 6.07) is 20.4. The fourth-order valence-electron chi connectivity index (χ4n) is 7.53. The maximum Gasteiger partial charge on any atom is 0.338 e. The zero-order valence-electron chi connectivity index (χ0n) is 32.8. The predicted octanol–water partition coefficient (Wildman–Crippen LogP) is 8.02. The molecule has 0 radical (unpaired) electrons. The molecule has 6 aromatic rings. The Morgan fingerprint density at radius 3 is 1.90 bits per heavy atom. The lowest BCUT2D eigenvalue weighted by molar-refractivity contribution is -0.0940. The Labute approximate surface area is 351 Å². The molecule has 0 saturated carbocycles. The minimum Gasteiger partial charge on any atom is -0.459 e. The fourth-order valence-corrected chi connectivity index (χ4v) is 10.6. The minimum atomic E-state index is -2.18. The summed E-state index contributed by atoms with van der Waals surface area (Å²) in [5, 5.41) is 24.7. The molecule has 2 saturated heterocycles. The summed E-state index contributed by atoms with van der Waals surface area (Å²) in [5.74, 6) is -1.27. The number of esters is 2. The number of pyridine rings is 2. The molecule has 310 valence electrons. The lowest BCUT2D eigenvalue weighted by atomic mass is 9.83. The first kappa shape index (κ1) is 42.6. The van der Waals surface area contributed by atoms with Crippen LogP contribution in [-0.4, -0.2) is 87.3 Å². The van der Waals surface area contributed by atoms with Gasteiger partial charge >= 0.3 is 11.9 Å². The van der Waals surface area contributed by atoms with E-state index in [0.29, 0.717) is 32.0 Å². The van der Waals surface area contributed by atoms with Crippen LogP contribution in [0.15, 0.2) is 101 Å². The van der Waals surface area contributed by atoms with Crippen molar-refractivity contribution in [2.24, 2.45) is 0 Å². The first-order chi connectivity index (χ1) is 28.1. The van der Waals surface area contributed by atoms with Gasteiger partial charge in [-0.1, -0.05) is 36.4 Å². The van der Waals surface area contributed by atoms with E-state index in [9.17, 15) is 19.8 Å². The number of anilines is 1. The molecule has 0 bridgehead atoms. The molecule has 2 aromatic carbocycles. The number of aliphatic hydroxyl groups excluding tert-OH is 2. The Kier molecular flexibility index (Phi) is 11.9. The van der Waals surface area contributed by atoms with E-state index in [2.05, 4.69) is 9.97 Å². The number of aromatic nitrogens is 2. The molecule has 0 spiro atoms. The number of aliphatic hydroxyl groups is 2. The third kappa shape index (κ3) is 7.38. The van der Waals surface area contributed by atoms with E-state index in [1.54, 1.807) is 110 Å². The number of thiophene rings is 2. The van der Waals surface area contributed by atoms with Gasteiger partial charge in [0.2, 0.25) is 0 Å². The van der Waals surface area contributed by atoms with Gasteiger partial charge in [-0.25, -0.2) is 18.4 Å². The molecule has 11 nitrogen and oxygen atoms in total. The first-order valence-electron chi connectivity index (χ1n) is 18.6. The SMILES string of the molecule is CSc1ccnc2c([C@]3(C)O[C@H](COC(=O)c4ccccc4)[C@@H](OC(=O)c4ccccc4)[C@@]3(C)F)scc12.C[C@@]1(c2scc3c(N)ccnc23)O[C@H](CO)[C@@H](O)[C@@]1(C)F. The van der Waals surface area contributed by atoms with Crippen LogP contribution in [0.4, 0.5) is 14.5 Å². The van der Waals surface area contributed by atoms with E-state index >= 15 is 8.78 Å². The molecule has 2 aliphatic rings. The van der Waals surface area contributed by atoms with E-state index in [1.807, 2.05) is 17.7 Å². The summed E-state index contributed by atoms with van der Waals surface area (Å²) in [7, 11) is 0. The van der Waals surface area contributed by atoms with Crippen molar-refractivity contribution >= 4 is 73.9 Å². The molecule has 0 aliphatic carbocycles. The molecule has 16 heteroatoms. The number of hydrogen-bond acceptors (Lipinski definition) is 14. The van der Waals surface area contributed by atoms with Crippen molar-refractivity contribution in [2.45, 2.75) is 79.5 Å². The van der Waals surface area contributed by atoms with E-state index in [4.69, 9.17) is 24.7 Å². The van der Waals surface area contributed by atoms with Crippen LogP contribution in [0.2, 0.25) is 0 Å². The summed E-state index contributed by atoms with van der Waals surface area (Å²) < 4.78 is 55.5. The van der Waals surface area contributed by atoms with Gasteiger partial charge in [0.15, 0.2) is 17.4 Å². The number of nitrogen functional groups attached to an aromatic ring is 1. The van der Waals surface area contributed by atoms with Gasteiger partial charge in [-0.2, -0.15) is 0 Å². The number of thioether (sulfide) groups is 1. The average Bonchev–Trinajstić information content (AvgIpc) is 3.97. The topological polar surface area (TPSA) is 163 Å². The van der Waals surface area contributed by atoms with E-state index < -0.39 is 65.5 Å². The third-order valence-corrected chi connectivity index (χ3v) is 14.5. The van der Waals surface area contributed by atoms with Crippen molar-refractivity contribution in [1.29, 1.82) is 0 Å². The van der Waals surface area contributed by atoms with Gasteiger partial charge in [-0.15, -0.1) is 34.4 Å². The maximum absolute atomic E-state index is 17.0. The summed E-state index contributed by atoms with van der Waals surface area (Å²) in [6.07, 6.45) is 0.413. The van der Waals surface area contributed by atoms with Gasteiger partial charge in [0.1, 0.15) is 36.1 Å². The van der Waals surface area contributed by atoms with Gasteiger partial charge < -0.3 is 34.9 Å². The number of alkyl halides is 2. The van der Waals surface area contributed by atoms with Crippen LogP contribution in [-0.2, 0) is 30.1 Å². The summed E-state index contributed by atoms with van der Waals surface area (Å²) in [5.41, 5.74) is 1.13. The van der Waals surface area contributed by atoms with Gasteiger partial charge in [0.05, 0.1) is 38.5 Å². The number of nitrogens with zero attached hydrogens (tertiary/aromatic N) is 2. The monoisotopic (exact) mass is 863 g/mol. The molecule has 0 amide bonds. The normalized spacial score (nSPS) is 29.0. The zero-order chi connectivity index (χ0) is 42.3. The number of ether oxygens (including phenoxy) is 4. The number of halogens is 2. The van der Waals surface area contributed by atoms with Crippen LogP contribution in [0.3, 0.4) is 0 Å². The highest BCUT2D eigenvalue weighted by Gasteiger charge is 2.66. The van der Waals surface area contributed by atoms with Crippen LogP contribution < -0.4 is 5.73 Å². The van der Waals surface area contributed by atoms with Crippen LogP contribution in [0.25, 0.3) is 21.8 Å². The quantitative estimate of drug-likeness (QED) is 0.0950. The van der Waals surface area contributed by atoms with Crippen LogP contribution in [0, 0.1) is 0 Å². The number of carbonyl (C=O) groups excluding carboxylic acids is 2. The highest BCUT2D eigenvalue weighted by atomic mass is 32.2. The maximum atomic E-state index is 17.0. The van der Waals surface area contributed by atoms with Crippen LogP contribution in [0.1, 0.15) is 58.2 Å². The first-order valence-corrected chi connectivity index (χ1v) is 21.6. The van der Waals surface area contributed by atoms with Crippen molar-refractivity contribution < 1.29 is 47.5 Å². The Hall–Kier alpha value is -4.55. The Bertz CT molecular complexity index is 2470. The van der Waals surface area contributed by atoms with Crippen molar-refractivity contribution in [2.75, 3.05) is 25.2 Å². The molecule has 2 fully saturated rings. The van der Waals surface area contributed by atoms with E-state index in [1.165, 1.54) is 36.5 Å². The van der Waals surface area contributed by atoms with Gasteiger partial charge in [0, 0.05) is 44.5 Å². The minimum absolute atomic E-state index is 0.282. The molecule has 6 heterocycles. The molecule has 2 aliphatic heterocycles. The molecule has 8 rings (SSSR count). The van der Waals surface area contributed by atoms with Crippen LogP contribution in [0.5, 0.6) is 0 Å². The lowest BCUT2D eigenvalue weighted by Crippen LogP contribution is -2.49. The molecule has 4 N–H and O–H groups in total. The summed E-state index contributed by atoms with van der Waals surface area (Å²) >= 11 is 4.21. The van der Waals surface area contributed by atoms with Crippen LogP contribution >= 0.6 is 34.4 Å². The number of benzene rings is 2. The standard InChI is InChI=1S/C29H26FNO5S2.C14H17FN2O3S/c1-28(30)24(35-27(33)19-12-8-5-9-13-19)21(16-34-26(32)18-10-6-4-7-11-18)36-29(28,2)25-23-20(17-38-25)22(37-3)14-15-31-23;1-13(15)11(19)9(5-18)20-14(13,2)12-10-7(6-21-12)8(16)3-4-17-10/h4-15,17,21,24H,16H2,1-3H3;3-4,6,9,11,18-19H,5,16H2,1-2H3/t21-,24-,28-,29+;9-,11-,13-,14+/m11/s1. The highest BCUT2D eigenvalue weighted by molar-refractivity contribution is 7.98. The molecule has 59 heavy (non-hydrogen) atoms. The summed E-state index contributed by atoms with van der Waals surface area (Å²) in [6.45, 7) is 5.09. The van der Waals surface area contributed by atoms with Gasteiger partial charge in [-0.3, -0.25) is 9.97 Å². The predicted molar refractivity (Wildman–Crippen MR) is 224 cm³/mol. The largest absolute Gasteiger partial charge is 0.459 e. The molecular formula is C43H43F2N3O8S3. The average molecular weight is 864 g/mol. The second-order valence-corrected chi connectivity index (χ2v) is 17.5. The Morgan fingerprint density at radius 2 is 1.32 bits per heavy atom. The zero-order valence-corrected chi connectivity index (χ0v) is 35.2. The molecular weight excluding hydrogens is 821 g/mol. The second-order valence-electron chi connectivity index (χ2n) is 14.9. The van der Waals surface area contributed by atoms with E-state index in [-0.39, 0.29) is 12.2 Å². The van der Waals surface area contributed by atoms with Crippen molar-refractivity contribution in [3.63, 3.8) is 0 Å². The van der Waals surface area contributed by atoms with Crippen molar-refractivity contribution in [1.82, 2.24) is 9.97 Å².